The van der Waals surface area contributed by atoms with Gasteiger partial charge in [-0.25, -0.2) is 0 Å². The summed E-state index contributed by atoms with van der Waals surface area (Å²) in [6.07, 6.45) is 3.09. The van der Waals surface area contributed by atoms with E-state index in [1.54, 1.807) is 32.4 Å². The summed E-state index contributed by atoms with van der Waals surface area (Å²) in [5.41, 5.74) is 3.92. The summed E-state index contributed by atoms with van der Waals surface area (Å²) in [7, 11) is 3.14. The van der Waals surface area contributed by atoms with E-state index >= 15 is 0 Å². The first kappa shape index (κ1) is 19.5. The lowest BCUT2D eigenvalue weighted by molar-refractivity contribution is -0.115. The third-order valence-corrected chi connectivity index (χ3v) is 4.13. The molecule has 0 aliphatic carbocycles. The minimum Gasteiger partial charge on any atom is -0.493 e. The molecule has 0 heterocycles. The number of carbonyl (C=O) groups excluding carboxylic acids is 1. The lowest BCUT2D eigenvalue weighted by Crippen LogP contribution is -2.33. The predicted molar refractivity (Wildman–Crippen MR) is 109 cm³/mol. The van der Waals surface area contributed by atoms with Crippen molar-refractivity contribution in [3.8, 4) is 11.5 Å². The number of hydrogen-bond donors (Lipinski definition) is 2. The molecule has 1 amide bonds. The van der Waals surface area contributed by atoms with Crippen LogP contribution in [0.2, 0.25) is 0 Å². The molecular formula is C20H22N2O3S. The van der Waals surface area contributed by atoms with Gasteiger partial charge in [-0.15, -0.1) is 0 Å². The minimum absolute atomic E-state index is 0.251. The van der Waals surface area contributed by atoms with Gasteiger partial charge in [-0.1, -0.05) is 18.2 Å². The van der Waals surface area contributed by atoms with E-state index < -0.39 is 0 Å². The summed E-state index contributed by atoms with van der Waals surface area (Å²) in [5.74, 6) is 0.915. The summed E-state index contributed by atoms with van der Waals surface area (Å²) in [6, 6.07) is 11.3. The van der Waals surface area contributed by atoms with Crippen LogP contribution in [0.25, 0.3) is 6.08 Å². The van der Waals surface area contributed by atoms with E-state index in [4.69, 9.17) is 21.7 Å². The molecule has 0 atom stereocenters. The first-order chi connectivity index (χ1) is 12.4. The second-order valence-electron chi connectivity index (χ2n) is 5.64. The second kappa shape index (κ2) is 9.01. The number of anilines is 1. The van der Waals surface area contributed by atoms with Gasteiger partial charge in [0, 0.05) is 11.8 Å². The highest BCUT2D eigenvalue weighted by Crippen LogP contribution is 2.27. The molecule has 2 aromatic rings. The zero-order valence-electron chi connectivity index (χ0n) is 15.3. The SMILES string of the molecule is COc1ccc(/C=C\C(=O)NC(=S)Nc2cccc(C)c2C)cc1OC. The fraction of sp³-hybridized carbons (Fsp3) is 0.200. The van der Waals surface area contributed by atoms with E-state index in [9.17, 15) is 4.79 Å². The molecule has 6 heteroatoms. The van der Waals surface area contributed by atoms with Crippen molar-refractivity contribution >= 4 is 35.0 Å². The molecular weight excluding hydrogens is 348 g/mol. The largest absolute Gasteiger partial charge is 0.493 e. The van der Waals surface area contributed by atoms with Gasteiger partial charge >= 0.3 is 0 Å². The molecule has 0 fully saturated rings. The van der Waals surface area contributed by atoms with Crippen molar-refractivity contribution in [2.45, 2.75) is 13.8 Å². The predicted octanol–water partition coefficient (Wildman–Crippen LogP) is 3.85. The Morgan fingerprint density at radius 3 is 2.50 bits per heavy atom. The van der Waals surface area contributed by atoms with Gasteiger partial charge in [0.05, 0.1) is 14.2 Å². The quantitative estimate of drug-likeness (QED) is 0.618. The molecule has 2 rings (SSSR count). The molecule has 0 radical (unpaired) electrons. The highest BCUT2D eigenvalue weighted by Gasteiger charge is 2.06. The Kier molecular flexibility index (Phi) is 6.74. The van der Waals surface area contributed by atoms with Crippen molar-refractivity contribution in [2.75, 3.05) is 19.5 Å². The smallest absolute Gasteiger partial charge is 0.250 e. The van der Waals surface area contributed by atoms with Crippen molar-refractivity contribution in [3.63, 3.8) is 0 Å². The Hall–Kier alpha value is -2.86. The normalized spacial score (nSPS) is 10.5. The zero-order chi connectivity index (χ0) is 19.1. The van der Waals surface area contributed by atoms with Gasteiger partial charge in [0.2, 0.25) is 5.91 Å². The summed E-state index contributed by atoms with van der Waals surface area (Å²) < 4.78 is 10.4. The Balaban J connectivity index is 1.98. The van der Waals surface area contributed by atoms with E-state index in [0.717, 1.165) is 22.4 Å². The molecule has 0 spiro atoms. The molecule has 0 aromatic heterocycles. The molecule has 0 aliphatic heterocycles. The van der Waals surface area contributed by atoms with Gasteiger partial charge in [-0.3, -0.25) is 10.1 Å². The topological polar surface area (TPSA) is 59.6 Å². The third kappa shape index (κ3) is 5.07. The summed E-state index contributed by atoms with van der Waals surface area (Å²) in [5, 5.41) is 5.93. The number of methoxy groups -OCH3 is 2. The van der Waals surface area contributed by atoms with Crippen LogP contribution in [0.1, 0.15) is 16.7 Å². The average Bonchev–Trinajstić information content (AvgIpc) is 2.63. The van der Waals surface area contributed by atoms with Crippen LogP contribution in [0, 0.1) is 13.8 Å². The first-order valence-electron chi connectivity index (χ1n) is 8.03. The lowest BCUT2D eigenvalue weighted by Gasteiger charge is -2.12. The number of ether oxygens (including phenoxy) is 2. The van der Waals surface area contributed by atoms with Crippen molar-refractivity contribution in [1.82, 2.24) is 5.32 Å². The van der Waals surface area contributed by atoms with Gasteiger partial charge in [0.15, 0.2) is 16.6 Å². The molecule has 2 N–H and O–H groups in total. The number of rotatable bonds is 5. The molecule has 0 saturated heterocycles. The number of nitrogens with one attached hydrogen (secondary N) is 2. The van der Waals surface area contributed by atoms with E-state index in [0.29, 0.717) is 11.5 Å². The monoisotopic (exact) mass is 370 g/mol. The minimum atomic E-state index is -0.317. The first-order valence-corrected chi connectivity index (χ1v) is 8.43. The van der Waals surface area contributed by atoms with Gasteiger partial charge < -0.3 is 14.8 Å². The summed E-state index contributed by atoms with van der Waals surface area (Å²) in [6.45, 7) is 4.02. The standard InChI is InChI=1S/C20H22N2O3S/c1-13-6-5-7-16(14(13)2)21-20(26)22-19(23)11-9-15-8-10-17(24-3)18(12-15)25-4/h5-12H,1-4H3,(H2,21,22,23,26)/b11-9-. The zero-order valence-corrected chi connectivity index (χ0v) is 16.1. The summed E-state index contributed by atoms with van der Waals surface area (Å²) >= 11 is 5.20. The van der Waals surface area contributed by atoms with E-state index in [-0.39, 0.29) is 11.0 Å². The van der Waals surface area contributed by atoms with Crippen LogP contribution in [0.15, 0.2) is 42.5 Å². The third-order valence-electron chi connectivity index (χ3n) is 3.92. The van der Waals surface area contributed by atoms with Crippen molar-refractivity contribution in [1.29, 1.82) is 0 Å². The lowest BCUT2D eigenvalue weighted by atomic mass is 10.1. The molecule has 0 unspecified atom stereocenters. The van der Waals surface area contributed by atoms with Crippen LogP contribution < -0.4 is 20.1 Å². The maximum atomic E-state index is 12.1. The van der Waals surface area contributed by atoms with Gasteiger partial charge in [0.25, 0.3) is 0 Å². The molecule has 2 aromatic carbocycles. The molecule has 0 aliphatic rings. The maximum absolute atomic E-state index is 12.1. The maximum Gasteiger partial charge on any atom is 0.250 e. The van der Waals surface area contributed by atoms with Crippen molar-refractivity contribution < 1.29 is 14.3 Å². The Morgan fingerprint density at radius 2 is 1.81 bits per heavy atom. The molecule has 0 bridgehead atoms. The van der Waals surface area contributed by atoms with Crippen molar-refractivity contribution in [2.24, 2.45) is 0 Å². The number of thiocarbonyl (C=S) groups is 1. The number of amides is 1. The Morgan fingerprint density at radius 1 is 1.08 bits per heavy atom. The van der Waals surface area contributed by atoms with E-state index in [2.05, 4.69) is 10.6 Å². The number of aryl methyl sites for hydroxylation is 1. The molecule has 5 nitrogen and oxygen atoms in total. The van der Waals surface area contributed by atoms with Crippen LogP contribution in [-0.4, -0.2) is 25.2 Å². The van der Waals surface area contributed by atoms with E-state index in [1.165, 1.54) is 6.08 Å². The van der Waals surface area contributed by atoms with Gasteiger partial charge in [-0.2, -0.15) is 0 Å². The second-order valence-corrected chi connectivity index (χ2v) is 6.05. The number of hydrogen-bond acceptors (Lipinski definition) is 4. The average molecular weight is 370 g/mol. The highest BCUT2D eigenvalue weighted by atomic mass is 32.1. The fourth-order valence-corrected chi connectivity index (χ4v) is 2.53. The van der Waals surface area contributed by atoms with Gasteiger partial charge in [0.1, 0.15) is 0 Å². The van der Waals surface area contributed by atoms with E-state index in [1.807, 2.05) is 38.1 Å². The fourth-order valence-electron chi connectivity index (χ4n) is 2.32. The molecule has 136 valence electrons. The number of carbonyl (C=O) groups is 1. The Labute approximate surface area is 159 Å². The number of benzene rings is 2. The van der Waals surface area contributed by atoms with Crippen LogP contribution >= 0.6 is 12.2 Å². The van der Waals surface area contributed by atoms with Crippen LogP contribution in [0.3, 0.4) is 0 Å². The van der Waals surface area contributed by atoms with Crippen LogP contribution in [0.5, 0.6) is 11.5 Å². The highest BCUT2D eigenvalue weighted by molar-refractivity contribution is 7.80. The van der Waals surface area contributed by atoms with Crippen LogP contribution in [0.4, 0.5) is 5.69 Å². The molecule has 0 saturated carbocycles. The van der Waals surface area contributed by atoms with Gasteiger partial charge in [-0.05, 0) is 67.0 Å². The Bertz CT molecular complexity index is 847. The summed E-state index contributed by atoms with van der Waals surface area (Å²) in [4.78, 5) is 12.1. The van der Waals surface area contributed by atoms with Crippen LogP contribution in [-0.2, 0) is 4.79 Å². The van der Waals surface area contributed by atoms with Crippen molar-refractivity contribution in [3.05, 3.63) is 59.2 Å². The molecule has 26 heavy (non-hydrogen) atoms.